The summed E-state index contributed by atoms with van der Waals surface area (Å²) in [5.74, 6) is 0.966. The summed E-state index contributed by atoms with van der Waals surface area (Å²) >= 11 is 0. The maximum atomic E-state index is 5.77. The minimum Gasteiger partial charge on any atom is -0.493 e. The van der Waals surface area contributed by atoms with E-state index in [2.05, 4.69) is 42.3 Å². The number of benzene rings is 1. The predicted molar refractivity (Wildman–Crippen MR) is 86.2 cm³/mol. The van der Waals surface area contributed by atoms with E-state index >= 15 is 0 Å². The van der Waals surface area contributed by atoms with Gasteiger partial charge in [-0.25, -0.2) is 0 Å². The zero-order valence-corrected chi connectivity index (χ0v) is 13.4. The molecule has 4 heteroatoms. The van der Waals surface area contributed by atoms with Gasteiger partial charge in [-0.05, 0) is 37.1 Å². The van der Waals surface area contributed by atoms with E-state index in [0.717, 1.165) is 64.7 Å². The van der Waals surface area contributed by atoms with E-state index < -0.39 is 0 Å². The molecule has 0 atom stereocenters. The summed E-state index contributed by atoms with van der Waals surface area (Å²) in [5, 5.41) is 3.36. The Balaban J connectivity index is 1.49. The lowest BCUT2D eigenvalue weighted by atomic mass is 10.1. The third-order valence-corrected chi connectivity index (χ3v) is 3.66. The number of hydrogen-bond donors (Lipinski definition) is 1. The highest BCUT2D eigenvalue weighted by atomic mass is 16.5. The molecule has 1 N–H and O–H groups in total. The smallest absolute Gasteiger partial charge is 0.119 e. The number of nitrogens with one attached hydrogen (secondary N) is 1. The van der Waals surface area contributed by atoms with Gasteiger partial charge in [0, 0.05) is 45.8 Å². The first-order chi connectivity index (χ1) is 10.2. The molecule has 0 aromatic heterocycles. The molecule has 4 nitrogen and oxygen atoms in total. The Morgan fingerprint density at radius 1 is 1.00 bits per heavy atom. The van der Waals surface area contributed by atoms with Crippen molar-refractivity contribution in [3.05, 3.63) is 29.3 Å². The molecule has 21 heavy (non-hydrogen) atoms. The van der Waals surface area contributed by atoms with Crippen molar-refractivity contribution in [3.8, 4) is 5.75 Å². The van der Waals surface area contributed by atoms with Crippen molar-refractivity contribution < 1.29 is 9.47 Å². The maximum Gasteiger partial charge on any atom is 0.119 e. The van der Waals surface area contributed by atoms with Gasteiger partial charge < -0.3 is 14.8 Å². The van der Waals surface area contributed by atoms with E-state index in [0.29, 0.717) is 0 Å². The molecule has 1 aromatic carbocycles. The highest BCUT2D eigenvalue weighted by Crippen LogP contribution is 2.16. The SMILES string of the molecule is Cc1cc(C)cc(OCCCOCCN2CCNCC2)c1. The number of piperazine rings is 1. The first kappa shape index (κ1) is 16.3. The zero-order chi connectivity index (χ0) is 14.9. The van der Waals surface area contributed by atoms with Crippen LogP contribution in [0, 0.1) is 13.8 Å². The van der Waals surface area contributed by atoms with Gasteiger partial charge in [0.05, 0.1) is 13.2 Å². The topological polar surface area (TPSA) is 33.7 Å². The normalized spacial score (nSPS) is 16.1. The predicted octanol–water partition coefficient (Wildman–Crippen LogP) is 1.99. The molecule has 1 aliphatic heterocycles. The molecule has 2 rings (SSSR count). The van der Waals surface area contributed by atoms with Crippen LogP contribution >= 0.6 is 0 Å². The fraction of sp³-hybridized carbons (Fsp3) is 0.647. The number of aryl methyl sites for hydroxylation is 2. The Bertz CT molecular complexity index is 397. The Hall–Kier alpha value is -1.10. The van der Waals surface area contributed by atoms with Crippen LogP contribution in [0.25, 0.3) is 0 Å². The van der Waals surface area contributed by atoms with E-state index in [1.165, 1.54) is 11.1 Å². The van der Waals surface area contributed by atoms with Gasteiger partial charge in [-0.2, -0.15) is 0 Å². The second kappa shape index (κ2) is 9.03. The zero-order valence-electron chi connectivity index (χ0n) is 13.4. The summed E-state index contributed by atoms with van der Waals surface area (Å²) in [6.45, 7) is 12.0. The molecule has 1 aromatic rings. The van der Waals surface area contributed by atoms with Crippen molar-refractivity contribution in [2.24, 2.45) is 0 Å². The number of nitrogens with zero attached hydrogens (tertiary/aromatic N) is 1. The van der Waals surface area contributed by atoms with E-state index in [9.17, 15) is 0 Å². The van der Waals surface area contributed by atoms with E-state index in [1.54, 1.807) is 0 Å². The average molecular weight is 292 g/mol. The van der Waals surface area contributed by atoms with Crippen LogP contribution in [0.1, 0.15) is 17.5 Å². The van der Waals surface area contributed by atoms with Crippen LogP contribution in [0.2, 0.25) is 0 Å². The van der Waals surface area contributed by atoms with Crippen molar-refractivity contribution in [1.29, 1.82) is 0 Å². The summed E-state index contributed by atoms with van der Waals surface area (Å²) < 4.78 is 11.4. The first-order valence-electron chi connectivity index (χ1n) is 7.96. The van der Waals surface area contributed by atoms with Crippen molar-refractivity contribution in [1.82, 2.24) is 10.2 Å². The molecular formula is C17H28N2O2. The average Bonchev–Trinajstić information content (AvgIpc) is 2.46. The fourth-order valence-electron chi connectivity index (χ4n) is 2.60. The molecule has 0 unspecified atom stereocenters. The van der Waals surface area contributed by atoms with Crippen molar-refractivity contribution >= 4 is 0 Å². The molecule has 0 saturated carbocycles. The Morgan fingerprint density at radius 2 is 1.71 bits per heavy atom. The van der Waals surface area contributed by atoms with Crippen LogP contribution in [0.5, 0.6) is 5.75 Å². The summed E-state index contributed by atoms with van der Waals surface area (Å²) in [6, 6.07) is 6.32. The summed E-state index contributed by atoms with van der Waals surface area (Å²) in [4.78, 5) is 2.45. The maximum absolute atomic E-state index is 5.77. The minimum absolute atomic E-state index is 0.719. The summed E-state index contributed by atoms with van der Waals surface area (Å²) in [7, 11) is 0. The highest BCUT2D eigenvalue weighted by Gasteiger charge is 2.08. The second-order valence-electron chi connectivity index (χ2n) is 5.73. The molecule has 1 saturated heterocycles. The number of hydrogen-bond acceptors (Lipinski definition) is 4. The van der Waals surface area contributed by atoms with Crippen LogP contribution in [-0.4, -0.2) is 57.4 Å². The van der Waals surface area contributed by atoms with E-state index in [4.69, 9.17) is 9.47 Å². The van der Waals surface area contributed by atoms with Crippen LogP contribution in [-0.2, 0) is 4.74 Å². The quantitative estimate of drug-likeness (QED) is 0.743. The third-order valence-electron chi connectivity index (χ3n) is 3.66. The fourth-order valence-corrected chi connectivity index (χ4v) is 2.60. The third kappa shape index (κ3) is 6.46. The second-order valence-corrected chi connectivity index (χ2v) is 5.73. The van der Waals surface area contributed by atoms with Gasteiger partial charge in [0.1, 0.15) is 5.75 Å². The molecule has 0 spiro atoms. The lowest BCUT2D eigenvalue weighted by Crippen LogP contribution is -2.44. The lowest BCUT2D eigenvalue weighted by molar-refractivity contribution is 0.0901. The van der Waals surface area contributed by atoms with Crippen LogP contribution in [0.4, 0.5) is 0 Å². The van der Waals surface area contributed by atoms with Gasteiger partial charge in [0.15, 0.2) is 0 Å². The van der Waals surface area contributed by atoms with Gasteiger partial charge in [0.25, 0.3) is 0 Å². The molecule has 118 valence electrons. The minimum atomic E-state index is 0.719. The van der Waals surface area contributed by atoms with Gasteiger partial charge in [-0.15, -0.1) is 0 Å². The van der Waals surface area contributed by atoms with E-state index in [1.807, 2.05) is 0 Å². The molecule has 0 amide bonds. The molecular weight excluding hydrogens is 264 g/mol. The standard InChI is InChI=1S/C17H28N2O2/c1-15-12-16(2)14-17(13-15)21-10-3-9-20-11-8-19-6-4-18-5-7-19/h12-14,18H,3-11H2,1-2H3. The van der Waals surface area contributed by atoms with E-state index in [-0.39, 0.29) is 0 Å². The van der Waals surface area contributed by atoms with Gasteiger partial charge in [0.2, 0.25) is 0 Å². The lowest BCUT2D eigenvalue weighted by Gasteiger charge is -2.26. The molecule has 1 fully saturated rings. The largest absolute Gasteiger partial charge is 0.493 e. The van der Waals surface area contributed by atoms with Crippen molar-refractivity contribution in [2.45, 2.75) is 20.3 Å². The Morgan fingerprint density at radius 3 is 2.43 bits per heavy atom. The molecule has 0 bridgehead atoms. The number of ether oxygens (including phenoxy) is 2. The number of rotatable bonds is 8. The van der Waals surface area contributed by atoms with Gasteiger partial charge in [-0.3, -0.25) is 4.90 Å². The summed E-state index contributed by atoms with van der Waals surface area (Å²) in [6.07, 6.45) is 0.939. The summed E-state index contributed by atoms with van der Waals surface area (Å²) in [5.41, 5.74) is 2.49. The Labute approximate surface area is 128 Å². The molecule has 0 radical (unpaired) electrons. The van der Waals surface area contributed by atoms with Crippen LogP contribution in [0.3, 0.4) is 0 Å². The molecule has 1 heterocycles. The highest BCUT2D eigenvalue weighted by molar-refractivity contribution is 5.32. The monoisotopic (exact) mass is 292 g/mol. The Kier molecular flexibility index (Phi) is 7.00. The van der Waals surface area contributed by atoms with Crippen molar-refractivity contribution in [2.75, 3.05) is 52.5 Å². The van der Waals surface area contributed by atoms with Crippen LogP contribution in [0.15, 0.2) is 18.2 Å². The van der Waals surface area contributed by atoms with Gasteiger partial charge in [-0.1, -0.05) is 6.07 Å². The van der Waals surface area contributed by atoms with Gasteiger partial charge >= 0.3 is 0 Å². The molecule has 1 aliphatic rings. The molecule has 0 aliphatic carbocycles. The van der Waals surface area contributed by atoms with Crippen LogP contribution < -0.4 is 10.1 Å². The first-order valence-corrected chi connectivity index (χ1v) is 7.96. The van der Waals surface area contributed by atoms with Crippen molar-refractivity contribution in [3.63, 3.8) is 0 Å².